The van der Waals surface area contributed by atoms with Gasteiger partial charge >= 0.3 is 0 Å². The van der Waals surface area contributed by atoms with Crippen LogP contribution in [-0.2, 0) is 4.79 Å². The summed E-state index contributed by atoms with van der Waals surface area (Å²) in [5, 5.41) is 0. The van der Waals surface area contributed by atoms with E-state index in [9.17, 15) is 14.0 Å². The summed E-state index contributed by atoms with van der Waals surface area (Å²) in [5.74, 6) is -0.356. The molecule has 0 bridgehead atoms. The summed E-state index contributed by atoms with van der Waals surface area (Å²) in [5.41, 5.74) is 0.937. The fourth-order valence-corrected chi connectivity index (χ4v) is 2.39. The van der Waals surface area contributed by atoms with Crippen molar-refractivity contribution in [3.05, 3.63) is 59.9 Å². The van der Waals surface area contributed by atoms with Crippen molar-refractivity contribution in [3.8, 4) is 5.75 Å². The first-order valence-electron chi connectivity index (χ1n) is 6.92. The molecular formula is C17H14FNO3. The first kappa shape index (κ1) is 14.3. The van der Waals surface area contributed by atoms with Crippen molar-refractivity contribution in [1.82, 2.24) is 0 Å². The monoisotopic (exact) mass is 299 g/mol. The van der Waals surface area contributed by atoms with Gasteiger partial charge in [0.25, 0.3) is 5.91 Å². The highest BCUT2D eigenvalue weighted by atomic mass is 19.1. The smallest absolute Gasteiger partial charge is 0.268 e. The third kappa shape index (κ3) is 2.57. The number of halogens is 1. The summed E-state index contributed by atoms with van der Waals surface area (Å²) in [4.78, 5) is 26.0. The van der Waals surface area contributed by atoms with Crippen LogP contribution in [0.2, 0.25) is 0 Å². The van der Waals surface area contributed by atoms with Crippen LogP contribution in [0.25, 0.3) is 0 Å². The lowest BCUT2D eigenvalue weighted by Crippen LogP contribution is -2.46. The molecule has 1 aliphatic rings. The number of ketones is 1. The summed E-state index contributed by atoms with van der Waals surface area (Å²) in [6, 6.07) is 12.4. The Morgan fingerprint density at radius 2 is 1.86 bits per heavy atom. The Bertz CT molecular complexity index is 727. The van der Waals surface area contributed by atoms with Crippen molar-refractivity contribution in [2.24, 2.45) is 0 Å². The highest BCUT2D eigenvalue weighted by molar-refractivity contribution is 6.08. The molecule has 1 aliphatic heterocycles. The number of ether oxygens (including phenoxy) is 1. The lowest BCUT2D eigenvalue weighted by molar-refractivity contribution is -0.125. The van der Waals surface area contributed by atoms with Gasteiger partial charge in [0.15, 0.2) is 11.9 Å². The van der Waals surface area contributed by atoms with Crippen LogP contribution in [0.5, 0.6) is 5.75 Å². The average molecular weight is 299 g/mol. The van der Waals surface area contributed by atoms with Gasteiger partial charge in [-0.1, -0.05) is 12.1 Å². The van der Waals surface area contributed by atoms with E-state index in [4.69, 9.17) is 4.74 Å². The zero-order valence-corrected chi connectivity index (χ0v) is 12.0. The first-order chi connectivity index (χ1) is 10.6. The maximum absolute atomic E-state index is 12.9. The summed E-state index contributed by atoms with van der Waals surface area (Å²) in [6.07, 6.45) is -0.643. The average Bonchev–Trinajstić information content (AvgIpc) is 2.52. The molecule has 0 saturated heterocycles. The van der Waals surface area contributed by atoms with Crippen molar-refractivity contribution in [2.75, 3.05) is 11.4 Å². The minimum absolute atomic E-state index is 0.102. The van der Waals surface area contributed by atoms with Crippen molar-refractivity contribution in [3.63, 3.8) is 0 Å². The molecule has 1 heterocycles. The van der Waals surface area contributed by atoms with Gasteiger partial charge in [-0.3, -0.25) is 14.5 Å². The van der Waals surface area contributed by atoms with Crippen LogP contribution in [0, 0.1) is 5.82 Å². The number of rotatable bonds is 3. The largest absolute Gasteiger partial charge is 0.479 e. The molecule has 0 saturated carbocycles. The second kappa shape index (κ2) is 5.60. The van der Waals surface area contributed by atoms with Gasteiger partial charge in [0, 0.05) is 5.56 Å². The third-order valence-corrected chi connectivity index (χ3v) is 3.54. The molecule has 2 aromatic rings. The summed E-state index contributed by atoms with van der Waals surface area (Å²) < 4.78 is 18.5. The number of amides is 1. The third-order valence-electron chi connectivity index (χ3n) is 3.54. The summed E-state index contributed by atoms with van der Waals surface area (Å²) in [7, 11) is 0. The van der Waals surface area contributed by atoms with Gasteiger partial charge in [0.05, 0.1) is 12.2 Å². The molecule has 0 radical (unpaired) electrons. The fraction of sp³-hybridized carbons (Fsp3) is 0.176. The number of fused-ring (bicyclic) bond motifs is 1. The van der Waals surface area contributed by atoms with E-state index in [-0.39, 0.29) is 18.2 Å². The van der Waals surface area contributed by atoms with Crippen LogP contribution in [0.3, 0.4) is 0 Å². The number of anilines is 1. The molecule has 0 aliphatic carbocycles. The Kier molecular flexibility index (Phi) is 3.63. The van der Waals surface area contributed by atoms with Crippen LogP contribution in [-0.4, -0.2) is 24.3 Å². The fourth-order valence-electron chi connectivity index (χ4n) is 2.39. The van der Waals surface area contributed by atoms with E-state index in [1.165, 1.54) is 29.2 Å². The van der Waals surface area contributed by atoms with E-state index < -0.39 is 11.9 Å². The Morgan fingerprint density at radius 3 is 2.59 bits per heavy atom. The molecule has 1 amide bonds. The Morgan fingerprint density at radius 1 is 1.18 bits per heavy atom. The van der Waals surface area contributed by atoms with Crippen molar-refractivity contribution in [2.45, 2.75) is 13.0 Å². The zero-order valence-electron chi connectivity index (χ0n) is 12.0. The number of carbonyl (C=O) groups excluding carboxylic acids is 2. The second-order valence-corrected chi connectivity index (χ2v) is 5.08. The van der Waals surface area contributed by atoms with E-state index in [0.29, 0.717) is 17.0 Å². The molecule has 112 valence electrons. The van der Waals surface area contributed by atoms with E-state index in [1.54, 1.807) is 31.2 Å². The van der Waals surface area contributed by atoms with E-state index in [0.717, 1.165) is 0 Å². The Hall–Kier alpha value is -2.69. The van der Waals surface area contributed by atoms with Crippen molar-refractivity contribution in [1.29, 1.82) is 0 Å². The minimum atomic E-state index is -0.643. The summed E-state index contributed by atoms with van der Waals surface area (Å²) in [6.45, 7) is 1.54. The minimum Gasteiger partial charge on any atom is -0.479 e. The number of para-hydroxylation sites is 2. The molecule has 4 nitrogen and oxygen atoms in total. The summed E-state index contributed by atoms with van der Waals surface area (Å²) >= 11 is 0. The molecule has 0 aromatic heterocycles. The lowest BCUT2D eigenvalue weighted by atomic mass is 10.1. The molecule has 0 fully saturated rings. The van der Waals surface area contributed by atoms with Crippen LogP contribution < -0.4 is 9.64 Å². The molecular weight excluding hydrogens is 285 g/mol. The number of hydrogen-bond acceptors (Lipinski definition) is 3. The molecule has 5 heteroatoms. The quantitative estimate of drug-likeness (QED) is 0.819. The topological polar surface area (TPSA) is 46.6 Å². The van der Waals surface area contributed by atoms with Crippen molar-refractivity contribution < 1.29 is 18.7 Å². The lowest BCUT2D eigenvalue weighted by Gasteiger charge is -2.32. The molecule has 22 heavy (non-hydrogen) atoms. The molecule has 0 unspecified atom stereocenters. The maximum Gasteiger partial charge on any atom is 0.268 e. The number of hydrogen-bond donors (Lipinski definition) is 0. The van der Waals surface area contributed by atoms with Crippen molar-refractivity contribution >= 4 is 17.4 Å². The predicted molar refractivity (Wildman–Crippen MR) is 79.6 cm³/mol. The molecule has 0 N–H and O–H groups in total. The SMILES string of the molecule is C[C@@H]1Oc2ccccc2N(CC(=O)c2ccc(F)cc2)C1=O. The van der Waals surface area contributed by atoms with Crippen LogP contribution in [0.1, 0.15) is 17.3 Å². The number of nitrogens with zero attached hydrogens (tertiary/aromatic N) is 1. The van der Waals surface area contributed by atoms with Crippen LogP contribution >= 0.6 is 0 Å². The van der Waals surface area contributed by atoms with Gasteiger partial charge in [0.1, 0.15) is 11.6 Å². The van der Waals surface area contributed by atoms with Gasteiger partial charge in [-0.15, -0.1) is 0 Å². The van der Waals surface area contributed by atoms with Gasteiger partial charge in [0.2, 0.25) is 0 Å². The highest BCUT2D eigenvalue weighted by Gasteiger charge is 2.32. The van der Waals surface area contributed by atoms with Crippen LogP contribution in [0.4, 0.5) is 10.1 Å². The maximum atomic E-state index is 12.9. The predicted octanol–water partition coefficient (Wildman–Crippen LogP) is 2.82. The molecule has 0 spiro atoms. The van der Waals surface area contributed by atoms with Gasteiger partial charge in [-0.2, -0.15) is 0 Å². The van der Waals surface area contributed by atoms with Gasteiger partial charge in [-0.05, 0) is 43.3 Å². The van der Waals surface area contributed by atoms with Gasteiger partial charge in [-0.25, -0.2) is 4.39 Å². The van der Waals surface area contributed by atoms with Crippen LogP contribution in [0.15, 0.2) is 48.5 Å². The zero-order chi connectivity index (χ0) is 15.7. The number of benzene rings is 2. The molecule has 1 atom stereocenters. The van der Waals surface area contributed by atoms with E-state index >= 15 is 0 Å². The molecule has 2 aromatic carbocycles. The normalized spacial score (nSPS) is 16.9. The standard InChI is InChI=1S/C17H14FNO3/c1-11-17(21)19(14-4-2-3-5-16(14)22-11)10-15(20)12-6-8-13(18)9-7-12/h2-9,11H,10H2,1H3/t11-/m0/s1. The Labute approximate surface area is 127 Å². The first-order valence-corrected chi connectivity index (χ1v) is 6.92. The number of carbonyl (C=O) groups is 2. The van der Waals surface area contributed by atoms with E-state index in [1.807, 2.05) is 0 Å². The number of Topliss-reactive ketones (excluding diaryl/α,β-unsaturated/α-hetero) is 1. The van der Waals surface area contributed by atoms with Gasteiger partial charge < -0.3 is 4.74 Å². The highest BCUT2D eigenvalue weighted by Crippen LogP contribution is 2.33. The molecule has 3 rings (SSSR count). The second-order valence-electron chi connectivity index (χ2n) is 5.08. The van der Waals surface area contributed by atoms with E-state index in [2.05, 4.69) is 0 Å². The Balaban J connectivity index is 1.89.